The van der Waals surface area contributed by atoms with Gasteiger partial charge in [0.05, 0.1) is 0 Å². The molecule has 2 aromatic heterocycles. The molecule has 2 heterocycles. The first kappa shape index (κ1) is 21.8. The van der Waals surface area contributed by atoms with Crippen molar-refractivity contribution in [2.75, 3.05) is 5.32 Å². The Kier molecular flexibility index (Phi) is 5.94. The van der Waals surface area contributed by atoms with Gasteiger partial charge >= 0.3 is 6.36 Å². The number of hydrogen-bond donors (Lipinski definition) is 1. The molecule has 0 aliphatic rings. The smallest absolute Gasteiger partial charge is 0.439 e. The number of aryl methyl sites for hydroxylation is 1. The van der Waals surface area contributed by atoms with E-state index in [1.807, 2.05) is 0 Å². The maximum Gasteiger partial charge on any atom is 0.573 e. The van der Waals surface area contributed by atoms with Gasteiger partial charge in [-0.2, -0.15) is 10.1 Å². The van der Waals surface area contributed by atoms with Crippen LogP contribution in [0.2, 0.25) is 0 Å². The quantitative estimate of drug-likeness (QED) is 0.444. The summed E-state index contributed by atoms with van der Waals surface area (Å²) < 4.78 is 48.3. The third-order valence-corrected chi connectivity index (χ3v) is 4.20. The van der Waals surface area contributed by atoms with E-state index >= 15 is 0 Å². The number of nitrogens with zero attached hydrogens (tertiary/aromatic N) is 4. The van der Waals surface area contributed by atoms with Crippen molar-refractivity contribution in [1.82, 2.24) is 19.7 Å². The minimum absolute atomic E-state index is 0.0136. The Bertz CT molecular complexity index is 1260. The molecular formula is C22H16F3N5O3. The van der Waals surface area contributed by atoms with E-state index in [-0.39, 0.29) is 5.56 Å². The first-order valence-corrected chi connectivity index (χ1v) is 9.56. The topological polar surface area (TPSA) is 91.2 Å². The van der Waals surface area contributed by atoms with Gasteiger partial charge in [-0.05, 0) is 55.5 Å². The number of anilines is 1. The highest BCUT2D eigenvalue weighted by Gasteiger charge is 2.31. The van der Waals surface area contributed by atoms with Gasteiger partial charge in [0, 0.05) is 29.7 Å². The zero-order chi connectivity index (χ0) is 23.4. The van der Waals surface area contributed by atoms with E-state index in [1.165, 1.54) is 12.1 Å². The van der Waals surface area contributed by atoms with Gasteiger partial charge in [0.1, 0.15) is 17.3 Å². The molecule has 2 aromatic carbocycles. The van der Waals surface area contributed by atoms with Gasteiger partial charge in [-0.1, -0.05) is 6.07 Å². The van der Waals surface area contributed by atoms with Crippen LogP contribution in [0.3, 0.4) is 0 Å². The molecule has 1 N–H and O–H groups in total. The average molecular weight is 455 g/mol. The highest BCUT2D eigenvalue weighted by Crippen LogP contribution is 2.25. The third-order valence-electron chi connectivity index (χ3n) is 4.20. The fraction of sp³-hybridized carbons (Fsp3) is 0.0909. The predicted molar refractivity (Wildman–Crippen MR) is 111 cm³/mol. The number of rotatable bonds is 6. The van der Waals surface area contributed by atoms with E-state index in [0.29, 0.717) is 29.0 Å². The van der Waals surface area contributed by atoms with E-state index in [4.69, 9.17) is 4.74 Å². The molecule has 4 rings (SSSR count). The molecule has 0 saturated carbocycles. The molecule has 0 aliphatic heterocycles. The zero-order valence-corrected chi connectivity index (χ0v) is 17.1. The number of halogens is 3. The molecule has 0 saturated heterocycles. The van der Waals surface area contributed by atoms with Crippen LogP contribution in [0.25, 0.3) is 5.82 Å². The van der Waals surface area contributed by atoms with Crippen LogP contribution >= 0.6 is 0 Å². The molecule has 33 heavy (non-hydrogen) atoms. The fourth-order valence-electron chi connectivity index (χ4n) is 2.86. The van der Waals surface area contributed by atoms with Crippen molar-refractivity contribution in [3.8, 4) is 23.2 Å². The normalized spacial score (nSPS) is 11.2. The summed E-state index contributed by atoms with van der Waals surface area (Å²) in [6.07, 6.45) is -1.47. The number of aromatic nitrogens is 4. The Morgan fingerprint density at radius 1 is 1.00 bits per heavy atom. The van der Waals surface area contributed by atoms with Crippen LogP contribution in [0.4, 0.5) is 18.9 Å². The number of nitrogens with one attached hydrogen (secondary N) is 1. The SMILES string of the molecule is Cc1nc(Oc2ccc(NC(=O)c3cccc(OC(F)(F)F)c3)cc2)cc(-n2cccn2)n1. The van der Waals surface area contributed by atoms with Crippen molar-refractivity contribution in [3.63, 3.8) is 0 Å². The maximum absolute atomic E-state index is 12.4. The van der Waals surface area contributed by atoms with Crippen LogP contribution in [0.1, 0.15) is 16.2 Å². The Labute approximate surface area is 185 Å². The molecule has 0 spiro atoms. The summed E-state index contributed by atoms with van der Waals surface area (Å²) >= 11 is 0. The number of alkyl halides is 3. The Hall–Kier alpha value is -4.41. The first-order valence-electron chi connectivity index (χ1n) is 9.56. The maximum atomic E-state index is 12.4. The molecule has 0 radical (unpaired) electrons. The largest absolute Gasteiger partial charge is 0.573 e. The number of benzene rings is 2. The van der Waals surface area contributed by atoms with Crippen molar-refractivity contribution in [1.29, 1.82) is 0 Å². The second-order valence-electron chi connectivity index (χ2n) is 6.72. The number of hydrogen-bond acceptors (Lipinski definition) is 6. The van der Waals surface area contributed by atoms with Gasteiger partial charge < -0.3 is 14.8 Å². The van der Waals surface area contributed by atoms with Crippen LogP contribution in [0.15, 0.2) is 73.1 Å². The van der Waals surface area contributed by atoms with Gasteiger partial charge in [-0.3, -0.25) is 4.79 Å². The van der Waals surface area contributed by atoms with Crippen LogP contribution in [0.5, 0.6) is 17.4 Å². The highest BCUT2D eigenvalue weighted by atomic mass is 19.4. The van der Waals surface area contributed by atoms with E-state index in [2.05, 4.69) is 25.1 Å². The van der Waals surface area contributed by atoms with Crippen LogP contribution in [0, 0.1) is 6.92 Å². The van der Waals surface area contributed by atoms with E-state index in [1.54, 1.807) is 60.4 Å². The van der Waals surface area contributed by atoms with Crippen molar-refractivity contribution in [2.45, 2.75) is 13.3 Å². The average Bonchev–Trinajstić information content (AvgIpc) is 3.29. The van der Waals surface area contributed by atoms with Gasteiger partial charge in [-0.15, -0.1) is 13.2 Å². The van der Waals surface area contributed by atoms with Crippen molar-refractivity contribution >= 4 is 11.6 Å². The molecular weight excluding hydrogens is 439 g/mol. The van der Waals surface area contributed by atoms with Crippen LogP contribution in [-0.4, -0.2) is 32.0 Å². The summed E-state index contributed by atoms with van der Waals surface area (Å²) in [6.45, 7) is 1.73. The molecule has 168 valence electrons. The van der Waals surface area contributed by atoms with Gasteiger partial charge in [0.15, 0.2) is 5.82 Å². The molecule has 4 aromatic rings. The Morgan fingerprint density at radius 2 is 1.79 bits per heavy atom. The Morgan fingerprint density at radius 3 is 2.48 bits per heavy atom. The molecule has 0 bridgehead atoms. The number of amides is 1. The summed E-state index contributed by atoms with van der Waals surface area (Å²) in [6, 6.07) is 14.6. The summed E-state index contributed by atoms with van der Waals surface area (Å²) in [5.74, 6) is 0.742. The van der Waals surface area contributed by atoms with E-state index in [0.717, 1.165) is 12.1 Å². The third kappa shape index (κ3) is 5.85. The summed E-state index contributed by atoms with van der Waals surface area (Å²) in [4.78, 5) is 20.9. The minimum Gasteiger partial charge on any atom is -0.439 e. The monoisotopic (exact) mass is 455 g/mol. The number of carbonyl (C=O) groups is 1. The Balaban J connectivity index is 1.43. The second-order valence-corrected chi connectivity index (χ2v) is 6.72. The number of carbonyl (C=O) groups excluding carboxylic acids is 1. The zero-order valence-electron chi connectivity index (χ0n) is 17.1. The lowest BCUT2D eigenvalue weighted by Crippen LogP contribution is -2.18. The molecule has 1 amide bonds. The lowest BCUT2D eigenvalue weighted by molar-refractivity contribution is -0.274. The van der Waals surface area contributed by atoms with Crippen LogP contribution in [-0.2, 0) is 0 Å². The molecule has 11 heteroatoms. The van der Waals surface area contributed by atoms with Crippen molar-refractivity contribution in [2.24, 2.45) is 0 Å². The molecule has 0 atom stereocenters. The lowest BCUT2D eigenvalue weighted by Gasteiger charge is -2.11. The molecule has 0 unspecified atom stereocenters. The minimum atomic E-state index is -4.84. The van der Waals surface area contributed by atoms with Crippen molar-refractivity contribution < 1.29 is 27.4 Å². The lowest BCUT2D eigenvalue weighted by atomic mass is 10.2. The van der Waals surface area contributed by atoms with Crippen molar-refractivity contribution in [3.05, 3.63) is 84.4 Å². The first-order chi connectivity index (χ1) is 15.7. The van der Waals surface area contributed by atoms with Gasteiger partial charge in [0.2, 0.25) is 5.88 Å². The molecule has 0 aliphatic carbocycles. The summed E-state index contributed by atoms with van der Waals surface area (Å²) in [5, 5.41) is 6.74. The van der Waals surface area contributed by atoms with Crippen LogP contribution < -0.4 is 14.8 Å². The highest BCUT2D eigenvalue weighted by molar-refractivity contribution is 6.04. The standard InChI is InChI=1S/C22H16F3N5O3/c1-14-27-19(30-11-3-10-26-30)13-20(28-14)32-17-8-6-16(7-9-17)29-21(31)15-4-2-5-18(12-15)33-22(23,24)25/h2-13H,1H3,(H,29,31). The fourth-order valence-corrected chi connectivity index (χ4v) is 2.86. The summed E-state index contributed by atoms with van der Waals surface area (Å²) in [5.41, 5.74) is 0.435. The predicted octanol–water partition coefficient (Wildman–Crippen LogP) is 4.91. The molecule has 8 nitrogen and oxygen atoms in total. The second kappa shape index (κ2) is 8.99. The van der Waals surface area contributed by atoms with E-state index in [9.17, 15) is 18.0 Å². The van der Waals surface area contributed by atoms with Gasteiger partial charge in [-0.25, -0.2) is 9.67 Å². The summed E-state index contributed by atoms with van der Waals surface area (Å²) in [7, 11) is 0. The van der Waals surface area contributed by atoms with E-state index < -0.39 is 18.0 Å². The molecule has 0 fully saturated rings. The number of ether oxygens (including phenoxy) is 2. The van der Waals surface area contributed by atoms with Gasteiger partial charge in [0.25, 0.3) is 5.91 Å².